The molecule has 192 valence electrons. The zero-order valence-electron chi connectivity index (χ0n) is 19.0. The monoisotopic (exact) mass is 510 g/mol. The number of aliphatic hydroxyl groups is 1. The smallest absolute Gasteiger partial charge is 0.388 e. The van der Waals surface area contributed by atoms with E-state index in [1.165, 1.54) is 48.2 Å². The minimum atomic E-state index is -4.99. The Bertz CT molecular complexity index is 1380. The Morgan fingerprint density at radius 1 is 1.19 bits per heavy atom. The molecule has 0 saturated carbocycles. The third-order valence-electron chi connectivity index (χ3n) is 6.06. The number of halogens is 4. The van der Waals surface area contributed by atoms with Crippen LogP contribution in [0.25, 0.3) is 5.52 Å². The Labute approximate surface area is 201 Å². The Morgan fingerprint density at radius 2 is 1.89 bits per heavy atom. The molecule has 3 heterocycles. The lowest BCUT2D eigenvalue weighted by molar-refractivity contribution is -0.188. The number of piperidine rings is 1. The molecular weight excluding hydrogens is 488 g/mol. The SMILES string of the molecule is Cc1c(F)cccc1NC(=O)Nc1cc2c(=O)n(CC3(O)CCN(C(=O)C(F)(F)F)CC3)cnn2c1. The highest BCUT2D eigenvalue weighted by Crippen LogP contribution is 2.27. The molecule has 0 spiro atoms. The van der Waals surface area contributed by atoms with Gasteiger partial charge in [0.15, 0.2) is 0 Å². The minimum Gasteiger partial charge on any atom is -0.388 e. The molecule has 0 atom stereocenters. The maximum Gasteiger partial charge on any atom is 0.471 e. The lowest BCUT2D eigenvalue weighted by Crippen LogP contribution is -2.52. The van der Waals surface area contributed by atoms with Gasteiger partial charge < -0.3 is 20.6 Å². The summed E-state index contributed by atoms with van der Waals surface area (Å²) < 4.78 is 53.9. The molecule has 0 bridgehead atoms. The zero-order valence-corrected chi connectivity index (χ0v) is 19.0. The van der Waals surface area contributed by atoms with Crippen molar-refractivity contribution in [1.29, 1.82) is 0 Å². The van der Waals surface area contributed by atoms with E-state index in [-0.39, 0.29) is 54.9 Å². The molecule has 3 N–H and O–H groups in total. The predicted octanol–water partition coefficient (Wildman–Crippen LogP) is 2.50. The molecule has 36 heavy (non-hydrogen) atoms. The van der Waals surface area contributed by atoms with E-state index in [1.807, 2.05) is 0 Å². The number of rotatable bonds is 4. The van der Waals surface area contributed by atoms with Crippen molar-refractivity contribution >= 4 is 28.8 Å². The maximum absolute atomic E-state index is 13.7. The highest BCUT2D eigenvalue weighted by molar-refractivity contribution is 6.00. The molecule has 0 radical (unpaired) electrons. The van der Waals surface area contributed by atoms with Crippen molar-refractivity contribution in [1.82, 2.24) is 19.1 Å². The van der Waals surface area contributed by atoms with E-state index in [0.717, 1.165) is 4.57 Å². The van der Waals surface area contributed by atoms with Crippen LogP contribution in [0.1, 0.15) is 18.4 Å². The van der Waals surface area contributed by atoms with E-state index < -0.39 is 35.1 Å². The van der Waals surface area contributed by atoms with Gasteiger partial charge in [-0.25, -0.2) is 13.7 Å². The molecule has 3 aromatic rings. The molecule has 10 nitrogen and oxygen atoms in total. The molecule has 1 aliphatic heterocycles. The number of nitrogens with one attached hydrogen (secondary N) is 2. The summed E-state index contributed by atoms with van der Waals surface area (Å²) in [6, 6.07) is 4.93. The third kappa shape index (κ3) is 5.17. The number of likely N-dealkylation sites (tertiary alicyclic amines) is 1. The second-order valence-electron chi connectivity index (χ2n) is 8.63. The number of amides is 3. The summed E-state index contributed by atoms with van der Waals surface area (Å²) in [6.45, 7) is 0.656. The van der Waals surface area contributed by atoms with Gasteiger partial charge in [0, 0.05) is 24.3 Å². The van der Waals surface area contributed by atoms with Gasteiger partial charge in [0.25, 0.3) is 5.56 Å². The van der Waals surface area contributed by atoms with Crippen LogP contribution in [-0.4, -0.2) is 61.0 Å². The summed E-state index contributed by atoms with van der Waals surface area (Å²) in [5.74, 6) is -2.44. The van der Waals surface area contributed by atoms with E-state index in [1.54, 1.807) is 0 Å². The third-order valence-corrected chi connectivity index (χ3v) is 6.06. The van der Waals surface area contributed by atoms with Crippen molar-refractivity contribution in [2.24, 2.45) is 0 Å². The number of anilines is 2. The Balaban J connectivity index is 1.45. The van der Waals surface area contributed by atoms with E-state index in [4.69, 9.17) is 0 Å². The summed E-state index contributed by atoms with van der Waals surface area (Å²) in [4.78, 5) is 37.3. The summed E-state index contributed by atoms with van der Waals surface area (Å²) in [5, 5.41) is 20.0. The van der Waals surface area contributed by atoms with Gasteiger partial charge in [-0.05, 0) is 38.0 Å². The quantitative estimate of drug-likeness (QED) is 0.466. The van der Waals surface area contributed by atoms with Crippen LogP contribution >= 0.6 is 0 Å². The van der Waals surface area contributed by atoms with Gasteiger partial charge >= 0.3 is 18.1 Å². The summed E-state index contributed by atoms with van der Waals surface area (Å²) in [5.41, 5.74) is -1.24. The zero-order chi connectivity index (χ0) is 26.3. The average Bonchev–Trinajstić information content (AvgIpc) is 3.21. The fourth-order valence-corrected chi connectivity index (χ4v) is 4.01. The fraction of sp³-hybridized carbons (Fsp3) is 0.364. The van der Waals surface area contributed by atoms with Crippen LogP contribution in [0.5, 0.6) is 0 Å². The Morgan fingerprint density at radius 3 is 2.56 bits per heavy atom. The van der Waals surface area contributed by atoms with Crippen molar-refractivity contribution in [2.45, 2.75) is 38.1 Å². The molecule has 2 aromatic heterocycles. The molecule has 14 heteroatoms. The van der Waals surface area contributed by atoms with Gasteiger partial charge in [-0.15, -0.1) is 0 Å². The summed E-state index contributed by atoms with van der Waals surface area (Å²) in [7, 11) is 0. The van der Waals surface area contributed by atoms with Crippen molar-refractivity contribution < 1.29 is 32.3 Å². The van der Waals surface area contributed by atoms with Gasteiger partial charge in [-0.3, -0.25) is 14.2 Å². The van der Waals surface area contributed by atoms with Gasteiger partial charge in [-0.1, -0.05) is 6.07 Å². The van der Waals surface area contributed by atoms with Crippen LogP contribution < -0.4 is 16.2 Å². The van der Waals surface area contributed by atoms with Crippen LogP contribution in [0.3, 0.4) is 0 Å². The van der Waals surface area contributed by atoms with Crippen molar-refractivity contribution in [3.63, 3.8) is 0 Å². The van der Waals surface area contributed by atoms with Gasteiger partial charge in [0.2, 0.25) is 0 Å². The number of nitrogens with zero attached hydrogens (tertiary/aromatic N) is 4. The molecule has 1 saturated heterocycles. The number of alkyl halides is 3. The average molecular weight is 510 g/mol. The normalized spacial score (nSPS) is 15.7. The van der Waals surface area contributed by atoms with Crippen LogP contribution in [0.15, 0.2) is 41.6 Å². The van der Waals surface area contributed by atoms with E-state index in [2.05, 4.69) is 15.7 Å². The molecule has 1 fully saturated rings. The first-order valence-electron chi connectivity index (χ1n) is 10.9. The van der Waals surface area contributed by atoms with Crippen molar-refractivity contribution in [3.8, 4) is 0 Å². The molecule has 3 amide bonds. The van der Waals surface area contributed by atoms with Crippen molar-refractivity contribution in [2.75, 3.05) is 23.7 Å². The highest BCUT2D eigenvalue weighted by atomic mass is 19.4. The highest BCUT2D eigenvalue weighted by Gasteiger charge is 2.45. The number of aromatic nitrogens is 3. The van der Waals surface area contributed by atoms with E-state index in [9.17, 15) is 37.1 Å². The number of urea groups is 1. The van der Waals surface area contributed by atoms with Crippen LogP contribution in [-0.2, 0) is 11.3 Å². The van der Waals surface area contributed by atoms with Crippen molar-refractivity contribution in [3.05, 3.63) is 58.5 Å². The Kier molecular flexibility index (Phi) is 6.47. The number of fused-ring (bicyclic) bond motifs is 1. The van der Waals surface area contributed by atoms with Gasteiger partial charge in [-0.2, -0.15) is 18.3 Å². The molecule has 4 rings (SSSR count). The van der Waals surface area contributed by atoms with Gasteiger partial charge in [0.1, 0.15) is 17.7 Å². The van der Waals surface area contributed by atoms with Crippen LogP contribution in [0, 0.1) is 12.7 Å². The molecular formula is C22H22F4N6O4. The van der Waals surface area contributed by atoms with Gasteiger partial charge in [0.05, 0.1) is 24.0 Å². The number of hydrogen-bond acceptors (Lipinski definition) is 5. The first kappa shape index (κ1) is 25.2. The largest absolute Gasteiger partial charge is 0.471 e. The fourth-order valence-electron chi connectivity index (χ4n) is 4.01. The molecule has 0 unspecified atom stereocenters. The lowest BCUT2D eigenvalue weighted by Gasteiger charge is -2.38. The topological polar surface area (TPSA) is 121 Å². The Hall–Kier alpha value is -3.94. The molecule has 1 aromatic carbocycles. The number of hydrogen-bond donors (Lipinski definition) is 3. The van der Waals surface area contributed by atoms with E-state index >= 15 is 0 Å². The summed E-state index contributed by atoms with van der Waals surface area (Å²) >= 11 is 0. The summed E-state index contributed by atoms with van der Waals surface area (Å²) in [6.07, 6.45) is -2.75. The maximum atomic E-state index is 13.7. The standard InChI is InChI=1S/C22H22F4N6O4/c1-13-15(23)3-2-4-16(13)29-20(35)28-14-9-17-18(33)31(12-27-32(17)10-14)11-21(36)5-7-30(8-6-21)19(34)22(24,25)26/h2-4,9-10,12,36H,5-8,11H2,1H3,(H2,28,29,35). The van der Waals surface area contributed by atoms with Crippen LogP contribution in [0.2, 0.25) is 0 Å². The van der Waals surface area contributed by atoms with E-state index in [0.29, 0.717) is 4.90 Å². The minimum absolute atomic E-state index is 0.0722. The number of carbonyl (C=O) groups is 2. The second-order valence-corrected chi connectivity index (χ2v) is 8.63. The first-order chi connectivity index (χ1) is 16.9. The molecule has 0 aliphatic carbocycles. The predicted molar refractivity (Wildman–Crippen MR) is 120 cm³/mol. The van der Waals surface area contributed by atoms with Crippen LogP contribution in [0.4, 0.5) is 33.7 Å². The lowest BCUT2D eigenvalue weighted by atomic mass is 9.91. The first-order valence-corrected chi connectivity index (χ1v) is 10.9. The second kappa shape index (κ2) is 9.26. The molecule has 1 aliphatic rings. The number of carbonyl (C=O) groups excluding carboxylic acids is 2. The number of benzene rings is 1.